The van der Waals surface area contributed by atoms with E-state index >= 15 is 0 Å². The monoisotopic (exact) mass is 1450 g/mol. The number of rotatable bonds is 22. The molecule has 3 saturated carbocycles. The number of hydrogen-bond acceptors (Lipinski definition) is 22. The first-order chi connectivity index (χ1) is 50.0. The van der Waals surface area contributed by atoms with Crippen LogP contribution in [0.2, 0.25) is 0 Å². The molecule has 0 spiro atoms. The van der Waals surface area contributed by atoms with Crippen LogP contribution in [0.4, 0.5) is 0 Å². The van der Waals surface area contributed by atoms with Gasteiger partial charge >= 0.3 is 47.5 Å². The van der Waals surface area contributed by atoms with Crippen molar-refractivity contribution in [2.45, 2.75) is 266 Å². The molecule has 13 rings (SSSR count). The minimum absolute atomic E-state index is 0. The molecule has 7 aromatic rings. The summed E-state index contributed by atoms with van der Waals surface area (Å²) < 4.78 is 21.3. The number of ether oxygens (including phenoxy) is 3. The first-order valence-corrected chi connectivity index (χ1v) is 37.4. The van der Waals surface area contributed by atoms with E-state index < -0.39 is 34.7 Å². The minimum Gasteiger partial charge on any atom is -0.662 e. The summed E-state index contributed by atoms with van der Waals surface area (Å²) in [5.74, 6) is 1.75. The third kappa shape index (κ3) is 21.5. The molecule has 3 atom stereocenters. The minimum atomic E-state index is -0.690. The van der Waals surface area contributed by atoms with Crippen LogP contribution in [0.25, 0.3) is 11.6 Å². The molecule has 0 amide bonds. The maximum atomic E-state index is 13.4. The van der Waals surface area contributed by atoms with Crippen molar-refractivity contribution < 1.29 is 93.2 Å². The number of esters is 3. The van der Waals surface area contributed by atoms with Gasteiger partial charge in [-0.15, -0.1) is 10.2 Å². The van der Waals surface area contributed by atoms with Gasteiger partial charge in [0.2, 0.25) is 5.82 Å². The Hall–Kier alpha value is -8.32. The van der Waals surface area contributed by atoms with Gasteiger partial charge in [-0.1, -0.05) is 80.1 Å². The van der Waals surface area contributed by atoms with Crippen LogP contribution in [0.5, 0.6) is 0 Å². The maximum Gasteiger partial charge on any atom is 1.00 e. The number of aliphatic hydroxyl groups excluding tert-OH is 3. The van der Waals surface area contributed by atoms with Crippen molar-refractivity contribution in [2.75, 3.05) is 0 Å². The number of aromatic nitrogens is 11. The van der Waals surface area contributed by atoms with E-state index in [0.717, 1.165) is 179 Å². The average Bonchev–Trinajstić information content (AvgIpc) is 1.44. The smallest absolute Gasteiger partial charge is 0.662 e. The van der Waals surface area contributed by atoms with Gasteiger partial charge in [0, 0.05) is 82.6 Å². The van der Waals surface area contributed by atoms with Crippen molar-refractivity contribution >= 4 is 42.2 Å². The maximum absolute atomic E-state index is 13.4. The van der Waals surface area contributed by atoms with Crippen LogP contribution in [0.1, 0.15) is 247 Å². The second kappa shape index (κ2) is 38.3. The number of aldehydes is 1. The predicted molar refractivity (Wildman–Crippen MR) is 388 cm³/mol. The van der Waals surface area contributed by atoms with Crippen LogP contribution in [0.15, 0.2) is 83.5 Å². The number of hydrogen-bond donors (Lipinski definition) is 3. The summed E-state index contributed by atoms with van der Waals surface area (Å²) in [4.78, 5) is 90.0. The Morgan fingerprint density at radius 1 is 0.495 bits per heavy atom. The number of fused-ring (bicyclic) bond motifs is 2. The Morgan fingerprint density at radius 3 is 1.16 bits per heavy atom. The van der Waals surface area contributed by atoms with E-state index in [1.165, 1.54) is 54.5 Å². The quantitative estimate of drug-likeness (QED) is 0.0142. The van der Waals surface area contributed by atoms with Crippen molar-refractivity contribution in [3.8, 4) is 0 Å². The van der Waals surface area contributed by atoms with Gasteiger partial charge in [0.05, 0.1) is 17.7 Å². The van der Waals surface area contributed by atoms with E-state index in [4.69, 9.17) is 29.2 Å². The number of aliphatic hydroxyl groups is 3. The molecule has 3 aliphatic carbocycles. The molecule has 0 saturated heterocycles. The first kappa shape index (κ1) is 82.3. The molecular formula is C80H104N11NaO13. The normalized spacial score (nSPS) is 20.4. The molecule has 0 radical (unpaired) electrons. The molecule has 0 unspecified atom stereocenters. The van der Waals surface area contributed by atoms with Gasteiger partial charge in [-0.05, 0) is 226 Å². The van der Waals surface area contributed by atoms with E-state index in [-0.39, 0.29) is 77.0 Å². The van der Waals surface area contributed by atoms with Crippen molar-refractivity contribution in [3.05, 3.63) is 169 Å². The van der Waals surface area contributed by atoms with E-state index in [1.54, 1.807) is 9.03 Å². The summed E-state index contributed by atoms with van der Waals surface area (Å²) in [6.07, 6.45) is 28.0. The Bertz CT molecular complexity index is 4080. The number of carbonyl (C=O) groups is 5. The topological polar surface area (TPSA) is 331 Å². The van der Waals surface area contributed by atoms with Crippen LogP contribution in [0.3, 0.4) is 0 Å². The summed E-state index contributed by atoms with van der Waals surface area (Å²) >= 11 is 0. The third-order valence-corrected chi connectivity index (χ3v) is 21.2. The molecule has 3 aliphatic heterocycles. The van der Waals surface area contributed by atoms with E-state index in [1.807, 2.05) is 39.8 Å². The summed E-state index contributed by atoms with van der Waals surface area (Å²) in [6.45, 7) is 20.2. The molecule has 7 aromatic heterocycles. The molecule has 3 N–H and O–H groups in total. The summed E-state index contributed by atoms with van der Waals surface area (Å²) in [5, 5.41) is 48.3. The van der Waals surface area contributed by atoms with Crippen LogP contribution in [-0.4, -0.2) is 117 Å². The molecule has 10 heterocycles. The van der Waals surface area contributed by atoms with Crippen molar-refractivity contribution in [2.24, 2.45) is 17.8 Å². The van der Waals surface area contributed by atoms with Gasteiger partial charge in [-0.2, -0.15) is 9.97 Å². The molecule has 3 fully saturated rings. The van der Waals surface area contributed by atoms with Crippen LogP contribution in [0, 0.1) is 45.4 Å². The number of aryl methyl sites for hydroxylation is 13. The zero-order valence-electron chi connectivity index (χ0n) is 63.3. The summed E-state index contributed by atoms with van der Waals surface area (Å²) in [5.41, 5.74) is 12.4. The zero-order chi connectivity index (χ0) is 74.7. The standard InChI is InChI=1S/C29H37N5O3.2C21H29NO3.C8H8N4O.CH2O3.Na/c1-5-22-14-20(15-23(6-2)31-22)11-12-29(21-9-7-8-10-21)17-25(35)24(27(36)37-29)16-26-32-28-30-18(3)13-19(4)34(28)33-26;2*1-3-17-11-15(12-18(4-2)22-17)9-10-21(16-7-5-6-8-16)14-19(23)13-20(24)25-21;1-5-3-6(2)12-8(9-5)10-7(4-13)11-12;2-1-4-3;/h13-15,21,35H,5-12,16-17H2,1-4H3;2*11-13,16,23H,3-10,14H2,1-2H3;3-4H,1-2H3;1,3H;/q;;;;;+1/p-1/t29-;2*21-;;;/m111.../s1. The molecule has 25 heteroatoms. The van der Waals surface area contributed by atoms with Crippen LogP contribution in [-0.2, 0) is 102 Å². The van der Waals surface area contributed by atoms with Crippen molar-refractivity contribution in [1.82, 2.24) is 54.1 Å². The number of carbonyl (C=O) groups excluding carboxylic acids is 5. The Balaban J connectivity index is 0.000000182. The molecule has 0 bridgehead atoms. The molecule has 6 aliphatic rings. The fourth-order valence-corrected chi connectivity index (χ4v) is 16.0. The first-order valence-electron chi connectivity index (χ1n) is 37.4. The zero-order valence-corrected chi connectivity index (χ0v) is 65.3. The predicted octanol–water partition coefficient (Wildman–Crippen LogP) is 10.0. The van der Waals surface area contributed by atoms with Gasteiger partial charge in [-0.3, -0.25) is 24.5 Å². The largest absolute Gasteiger partial charge is 1.00 e. The van der Waals surface area contributed by atoms with Gasteiger partial charge in [0.1, 0.15) is 34.1 Å². The Kier molecular flexibility index (Phi) is 30.0. The molecule has 105 heavy (non-hydrogen) atoms. The van der Waals surface area contributed by atoms with E-state index in [9.17, 15) is 34.5 Å². The van der Waals surface area contributed by atoms with Gasteiger partial charge in [0.15, 0.2) is 12.1 Å². The average molecular weight is 1450 g/mol. The third-order valence-electron chi connectivity index (χ3n) is 21.2. The van der Waals surface area contributed by atoms with Gasteiger partial charge in [-0.25, -0.2) is 33.4 Å². The molecule has 0 aromatic carbocycles. The number of nitrogens with zero attached hydrogens (tertiary/aromatic N) is 11. The van der Waals surface area contributed by atoms with Crippen LogP contribution < -0.4 is 34.8 Å². The van der Waals surface area contributed by atoms with Gasteiger partial charge < -0.3 is 39.7 Å². The van der Waals surface area contributed by atoms with Crippen molar-refractivity contribution in [1.29, 1.82) is 0 Å². The van der Waals surface area contributed by atoms with Crippen LogP contribution >= 0.6 is 0 Å². The molecular weight excluding hydrogens is 1350 g/mol. The van der Waals surface area contributed by atoms with Gasteiger partial charge in [0.25, 0.3) is 18.0 Å². The molecule has 558 valence electrons. The Morgan fingerprint density at radius 2 is 0.838 bits per heavy atom. The second-order valence-electron chi connectivity index (χ2n) is 28.6. The van der Waals surface area contributed by atoms with Crippen molar-refractivity contribution in [3.63, 3.8) is 0 Å². The number of pyridine rings is 3. The van der Waals surface area contributed by atoms with E-state index in [2.05, 4.69) is 123 Å². The summed E-state index contributed by atoms with van der Waals surface area (Å²) in [7, 11) is 0. The summed E-state index contributed by atoms with van der Waals surface area (Å²) in [6, 6.07) is 16.8. The number of cyclic esters (lactones) is 3. The second-order valence-corrected chi connectivity index (χ2v) is 28.6. The van der Waals surface area contributed by atoms with E-state index in [0.29, 0.717) is 61.2 Å². The fourth-order valence-electron chi connectivity index (χ4n) is 16.0. The Labute approximate surface area is 638 Å². The molecule has 24 nitrogen and oxygen atoms in total. The fraction of sp³-hybridized carbons (Fsp3) is 0.550. The SMILES string of the molecule is CCc1cc(CC[C@]2(C3CCCC3)CC(O)=C(Cc3nc4nc(C)cc(C)n4n3)C(=O)O2)cc(CC)n1.CCc1cc(CC[C@]2(C3CCCC3)CC(O)=CC(=O)O2)cc(CC)n1.CCc1cc(CC[C@]2(C3CCCC3)CC(O)=CC(=O)O2)cc(CC)n1.Cc1cc(C)n2nc(C=O)nc2n1.O=CO[O-].[Na+].